The van der Waals surface area contributed by atoms with Crippen molar-refractivity contribution in [1.29, 1.82) is 0 Å². The zero-order chi connectivity index (χ0) is 19.4. The number of amides is 1. The summed E-state index contributed by atoms with van der Waals surface area (Å²) in [7, 11) is 1.28. The number of esters is 1. The number of carbonyl (C=O) groups is 2. The number of hydrogen-bond donors (Lipinski definition) is 1. The predicted molar refractivity (Wildman–Crippen MR) is 99.4 cm³/mol. The van der Waals surface area contributed by atoms with Crippen molar-refractivity contribution in [3.05, 3.63) is 70.1 Å². The molecule has 0 saturated carbocycles. The van der Waals surface area contributed by atoms with Gasteiger partial charge in [0.2, 0.25) is 0 Å². The quantitative estimate of drug-likeness (QED) is 0.549. The van der Waals surface area contributed by atoms with Crippen LogP contribution < -0.4 is 15.7 Å². The molecule has 1 heterocycles. The fourth-order valence-corrected chi connectivity index (χ4v) is 2.63. The van der Waals surface area contributed by atoms with Crippen LogP contribution >= 0.6 is 0 Å². The third-order valence-corrected chi connectivity index (χ3v) is 3.81. The summed E-state index contributed by atoms with van der Waals surface area (Å²) in [6, 6.07) is 12.4. The standard InChI is InChI=1S/C20H17NO6/c1-3-26-14-7-8-15-16(11-18(22)27-17(15)10-14)19(23)21-13-6-4-5-12(9-13)20(24)25-2/h4-11H,3H2,1-2H3,(H,21,23). The molecule has 1 aromatic heterocycles. The molecule has 1 N–H and O–H groups in total. The van der Waals surface area contributed by atoms with Gasteiger partial charge in [0.15, 0.2) is 0 Å². The number of fused-ring (bicyclic) bond motifs is 1. The second-order valence-electron chi connectivity index (χ2n) is 5.60. The predicted octanol–water partition coefficient (Wildman–Crippen LogP) is 3.23. The van der Waals surface area contributed by atoms with Crippen LogP contribution in [0.2, 0.25) is 0 Å². The van der Waals surface area contributed by atoms with Crippen molar-refractivity contribution in [2.24, 2.45) is 0 Å². The van der Waals surface area contributed by atoms with Crippen molar-refractivity contribution in [2.75, 3.05) is 19.0 Å². The summed E-state index contributed by atoms with van der Waals surface area (Å²) in [6.07, 6.45) is 0. The van der Waals surface area contributed by atoms with E-state index in [0.29, 0.717) is 29.0 Å². The molecule has 0 unspecified atom stereocenters. The highest BCUT2D eigenvalue weighted by Gasteiger charge is 2.15. The lowest BCUT2D eigenvalue weighted by Gasteiger charge is -2.09. The number of ether oxygens (including phenoxy) is 2. The van der Waals surface area contributed by atoms with E-state index in [1.165, 1.54) is 13.2 Å². The third-order valence-electron chi connectivity index (χ3n) is 3.81. The highest BCUT2D eigenvalue weighted by atomic mass is 16.5. The minimum atomic E-state index is -0.649. The number of benzene rings is 2. The Hall–Kier alpha value is -3.61. The van der Waals surface area contributed by atoms with E-state index in [1.54, 1.807) is 36.4 Å². The van der Waals surface area contributed by atoms with Crippen molar-refractivity contribution in [3.63, 3.8) is 0 Å². The molecule has 1 amide bonds. The molecule has 0 aliphatic rings. The smallest absolute Gasteiger partial charge is 0.337 e. The summed E-state index contributed by atoms with van der Waals surface area (Å²) in [5, 5.41) is 3.15. The molecule has 0 radical (unpaired) electrons. The fraction of sp³-hybridized carbons (Fsp3) is 0.150. The molecule has 27 heavy (non-hydrogen) atoms. The van der Waals surface area contributed by atoms with E-state index in [2.05, 4.69) is 10.1 Å². The lowest BCUT2D eigenvalue weighted by atomic mass is 10.1. The molecule has 0 aliphatic carbocycles. The molecule has 138 valence electrons. The van der Waals surface area contributed by atoms with Gasteiger partial charge in [0.1, 0.15) is 11.3 Å². The SMILES string of the molecule is CCOc1ccc2c(C(=O)Nc3cccc(C(=O)OC)c3)cc(=O)oc2c1. The minimum absolute atomic E-state index is 0.160. The van der Waals surface area contributed by atoms with Crippen molar-refractivity contribution < 1.29 is 23.5 Å². The zero-order valence-corrected chi connectivity index (χ0v) is 14.8. The van der Waals surface area contributed by atoms with E-state index < -0.39 is 17.5 Å². The van der Waals surface area contributed by atoms with Crippen molar-refractivity contribution in [2.45, 2.75) is 6.92 Å². The first-order valence-electron chi connectivity index (χ1n) is 8.22. The van der Waals surface area contributed by atoms with E-state index in [-0.39, 0.29) is 11.1 Å². The monoisotopic (exact) mass is 367 g/mol. The van der Waals surface area contributed by atoms with Gasteiger partial charge in [-0.3, -0.25) is 4.79 Å². The van der Waals surface area contributed by atoms with Gasteiger partial charge in [-0.2, -0.15) is 0 Å². The summed E-state index contributed by atoms with van der Waals surface area (Å²) < 4.78 is 15.2. The Labute approximate surface area is 154 Å². The Balaban J connectivity index is 1.96. The van der Waals surface area contributed by atoms with Crippen LogP contribution in [0, 0.1) is 0 Å². The van der Waals surface area contributed by atoms with E-state index in [4.69, 9.17) is 9.15 Å². The first-order chi connectivity index (χ1) is 13.0. The number of carbonyl (C=O) groups excluding carboxylic acids is 2. The van der Waals surface area contributed by atoms with Gasteiger partial charge in [0.05, 0.1) is 24.8 Å². The Kier molecular flexibility index (Phi) is 5.21. The third kappa shape index (κ3) is 3.98. The van der Waals surface area contributed by atoms with Gasteiger partial charge in [-0.1, -0.05) is 6.07 Å². The number of rotatable bonds is 5. The first kappa shape index (κ1) is 18.2. The normalized spacial score (nSPS) is 10.4. The van der Waals surface area contributed by atoms with E-state index in [0.717, 1.165) is 6.07 Å². The number of nitrogens with one attached hydrogen (secondary N) is 1. The van der Waals surface area contributed by atoms with Crippen LogP contribution in [0.15, 0.2) is 57.7 Å². The Bertz CT molecular complexity index is 1070. The Morgan fingerprint density at radius 3 is 2.67 bits per heavy atom. The maximum atomic E-state index is 12.7. The van der Waals surface area contributed by atoms with Gasteiger partial charge < -0.3 is 19.2 Å². The van der Waals surface area contributed by atoms with Gasteiger partial charge in [-0.25, -0.2) is 9.59 Å². The van der Waals surface area contributed by atoms with Gasteiger partial charge in [0, 0.05) is 23.2 Å². The molecule has 0 fully saturated rings. The Morgan fingerprint density at radius 1 is 1.11 bits per heavy atom. The molecule has 0 atom stereocenters. The van der Waals surface area contributed by atoms with Crippen LogP contribution in [0.1, 0.15) is 27.6 Å². The lowest BCUT2D eigenvalue weighted by molar-refractivity contribution is 0.0600. The van der Waals surface area contributed by atoms with E-state index >= 15 is 0 Å². The molecule has 7 nitrogen and oxygen atoms in total. The molecule has 3 rings (SSSR count). The molecule has 7 heteroatoms. The van der Waals surface area contributed by atoms with Crippen LogP contribution in [-0.2, 0) is 4.74 Å². The molecule has 0 saturated heterocycles. The highest BCUT2D eigenvalue weighted by Crippen LogP contribution is 2.23. The molecule has 2 aromatic carbocycles. The maximum Gasteiger partial charge on any atom is 0.337 e. The summed E-state index contributed by atoms with van der Waals surface area (Å²) >= 11 is 0. The van der Waals surface area contributed by atoms with Gasteiger partial charge >= 0.3 is 11.6 Å². The number of methoxy groups -OCH3 is 1. The van der Waals surface area contributed by atoms with Crippen LogP contribution in [0.5, 0.6) is 5.75 Å². The number of anilines is 1. The summed E-state index contributed by atoms with van der Waals surface area (Å²) in [4.78, 5) is 36.2. The fourth-order valence-electron chi connectivity index (χ4n) is 2.63. The van der Waals surface area contributed by atoms with Crippen molar-refractivity contribution in [1.82, 2.24) is 0 Å². The lowest BCUT2D eigenvalue weighted by Crippen LogP contribution is -2.15. The molecular weight excluding hydrogens is 350 g/mol. The topological polar surface area (TPSA) is 94.8 Å². The zero-order valence-electron chi connectivity index (χ0n) is 14.8. The van der Waals surface area contributed by atoms with E-state index in [9.17, 15) is 14.4 Å². The summed E-state index contributed by atoms with van der Waals surface area (Å²) in [5.74, 6) is -0.476. The molecule has 0 spiro atoms. The molecule has 3 aromatic rings. The van der Waals surface area contributed by atoms with Gasteiger partial charge in [-0.15, -0.1) is 0 Å². The van der Waals surface area contributed by atoms with Gasteiger partial charge in [0.25, 0.3) is 5.91 Å². The average Bonchev–Trinajstić information content (AvgIpc) is 2.66. The second-order valence-corrected chi connectivity index (χ2v) is 5.60. The first-order valence-corrected chi connectivity index (χ1v) is 8.22. The summed E-state index contributed by atoms with van der Waals surface area (Å²) in [6.45, 7) is 2.30. The second kappa shape index (κ2) is 7.74. The van der Waals surface area contributed by atoms with Crippen LogP contribution in [0.3, 0.4) is 0 Å². The van der Waals surface area contributed by atoms with Crippen LogP contribution in [-0.4, -0.2) is 25.6 Å². The van der Waals surface area contributed by atoms with Crippen LogP contribution in [0.4, 0.5) is 5.69 Å². The minimum Gasteiger partial charge on any atom is -0.494 e. The van der Waals surface area contributed by atoms with Crippen molar-refractivity contribution >= 4 is 28.5 Å². The number of hydrogen-bond acceptors (Lipinski definition) is 6. The van der Waals surface area contributed by atoms with Crippen molar-refractivity contribution in [3.8, 4) is 5.75 Å². The van der Waals surface area contributed by atoms with Crippen LogP contribution in [0.25, 0.3) is 11.0 Å². The highest BCUT2D eigenvalue weighted by molar-refractivity contribution is 6.12. The maximum absolute atomic E-state index is 12.7. The van der Waals surface area contributed by atoms with E-state index in [1.807, 2.05) is 6.92 Å². The molecule has 0 aliphatic heterocycles. The summed E-state index contributed by atoms with van der Waals surface area (Å²) in [5.41, 5.74) is 0.462. The largest absolute Gasteiger partial charge is 0.494 e. The molecular formula is C20H17NO6. The Morgan fingerprint density at radius 2 is 1.93 bits per heavy atom. The average molecular weight is 367 g/mol. The molecule has 0 bridgehead atoms. The van der Waals surface area contributed by atoms with Gasteiger partial charge in [-0.05, 0) is 37.3 Å².